The lowest BCUT2D eigenvalue weighted by atomic mass is 10.1. The van der Waals surface area contributed by atoms with Crippen LogP contribution in [0.3, 0.4) is 0 Å². The van der Waals surface area contributed by atoms with Crippen LogP contribution < -0.4 is 0 Å². The van der Waals surface area contributed by atoms with Crippen molar-refractivity contribution in [1.82, 2.24) is 9.55 Å². The Kier molecular flexibility index (Phi) is 3.94. The first kappa shape index (κ1) is 14.1. The predicted octanol–water partition coefficient (Wildman–Crippen LogP) is 4.44. The number of nitrogens with zero attached hydrogens (tertiary/aromatic N) is 2. The van der Waals surface area contributed by atoms with Crippen molar-refractivity contribution in [2.24, 2.45) is 0 Å². The Labute approximate surface area is 131 Å². The Balaban J connectivity index is 2.07. The normalized spacial score (nSPS) is 10.8. The molecule has 0 aliphatic rings. The molecule has 3 aromatic rings. The molecule has 5 heteroatoms. The van der Waals surface area contributed by atoms with Crippen LogP contribution in [-0.4, -0.2) is 22.1 Å². The minimum Gasteiger partial charge on any atom is -0.296 e. The van der Waals surface area contributed by atoms with Gasteiger partial charge in [0.15, 0.2) is 11.4 Å². The van der Waals surface area contributed by atoms with Crippen LogP contribution in [0.25, 0.3) is 16.4 Å². The minimum atomic E-state index is 0.616. The van der Waals surface area contributed by atoms with E-state index in [1.807, 2.05) is 22.2 Å². The Morgan fingerprint density at radius 3 is 2.95 bits per heavy atom. The Morgan fingerprint density at radius 2 is 2.19 bits per heavy atom. The third-order valence-corrected chi connectivity index (χ3v) is 4.87. The molecule has 0 bridgehead atoms. The molecule has 0 amide bonds. The first-order chi connectivity index (χ1) is 10.2. The molecule has 106 valence electrons. The number of benzene rings is 1. The van der Waals surface area contributed by atoms with Gasteiger partial charge in [-0.2, -0.15) is 0 Å². The fraction of sp³-hybridized carbons (Fsp3) is 0.125. The topological polar surface area (TPSA) is 34.9 Å². The van der Waals surface area contributed by atoms with E-state index in [2.05, 4.69) is 31.4 Å². The number of thiazole rings is 1. The molecule has 3 rings (SSSR count). The molecule has 2 heterocycles. The molecular formula is C16H14N2OS2. The predicted molar refractivity (Wildman–Crippen MR) is 88.8 cm³/mol. The van der Waals surface area contributed by atoms with Crippen molar-refractivity contribution >= 4 is 29.4 Å². The number of carbonyl (C=O) groups excluding carboxylic acids is 1. The van der Waals surface area contributed by atoms with E-state index in [1.165, 1.54) is 10.5 Å². The molecule has 0 atom stereocenters. The van der Waals surface area contributed by atoms with Gasteiger partial charge in [0.2, 0.25) is 0 Å². The summed E-state index contributed by atoms with van der Waals surface area (Å²) in [5, 5.41) is 2.85. The van der Waals surface area contributed by atoms with Gasteiger partial charge in [-0.05, 0) is 37.4 Å². The zero-order chi connectivity index (χ0) is 14.8. The number of carbonyl (C=O) groups is 1. The van der Waals surface area contributed by atoms with Crippen LogP contribution in [0.15, 0.2) is 46.8 Å². The molecule has 0 fully saturated rings. The number of aromatic nitrogens is 2. The van der Waals surface area contributed by atoms with Gasteiger partial charge in [0.25, 0.3) is 0 Å². The maximum absolute atomic E-state index is 11.0. The van der Waals surface area contributed by atoms with Gasteiger partial charge in [0.05, 0.1) is 11.4 Å². The molecule has 0 saturated heterocycles. The SMILES string of the molecule is CSc1ccc(C)cc1-c1csc(-n2cccc2C=O)n1. The van der Waals surface area contributed by atoms with Crippen molar-refractivity contribution in [3.05, 3.63) is 53.2 Å². The summed E-state index contributed by atoms with van der Waals surface area (Å²) in [6, 6.07) is 10.0. The Hall–Kier alpha value is -1.85. The van der Waals surface area contributed by atoms with Gasteiger partial charge in [-0.25, -0.2) is 4.98 Å². The van der Waals surface area contributed by atoms with E-state index in [-0.39, 0.29) is 0 Å². The summed E-state index contributed by atoms with van der Waals surface area (Å²) in [4.78, 5) is 16.9. The molecule has 3 nitrogen and oxygen atoms in total. The summed E-state index contributed by atoms with van der Waals surface area (Å²) in [5.74, 6) is 0. The van der Waals surface area contributed by atoms with Gasteiger partial charge in [-0.15, -0.1) is 23.1 Å². The fourth-order valence-electron chi connectivity index (χ4n) is 2.18. The van der Waals surface area contributed by atoms with Crippen LogP contribution >= 0.6 is 23.1 Å². The van der Waals surface area contributed by atoms with Crippen molar-refractivity contribution < 1.29 is 4.79 Å². The summed E-state index contributed by atoms with van der Waals surface area (Å²) in [5.41, 5.74) is 3.93. The first-order valence-electron chi connectivity index (χ1n) is 6.46. The third kappa shape index (κ3) is 2.66. The van der Waals surface area contributed by atoms with Crippen LogP contribution in [0.4, 0.5) is 0 Å². The highest BCUT2D eigenvalue weighted by molar-refractivity contribution is 7.98. The van der Waals surface area contributed by atoms with Gasteiger partial charge >= 0.3 is 0 Å². The maximum Gasteiger partial charge on any atom is 0.194 e. The van der Waals surface area contributed by atoms with Gasteiger partial charge in [0, 0.05) is 22.0 Å². The highest BCUT2D eigenvalue weighted by Gasteiger charge is 2.11. The van der Waals surface area contributed by atoms with Crippen molar-refractivity contribution in [1.29, 1.82) is 0 Å². The van der Waals surface area contributed by atoms with Crippen LogP contribution in [0.2, 0.25) is 0 Å². The largest absolute Gasteiger partial charge is 0.296 e. The number of hydrogen-bond acceptors (Lipinski definition) is 4. The van der Waals surface area contributed by atoms with E-state index in [0.717, 1.165) is 22.7 Å². The maximum atomic E-state index is 11.0. The highest BCUT2D eigenvalue weighted by Crippen LogP contribution is 2.32. The molecule has 1 aromatic carbocycles. The van der Waals surface area contributed by atoms with Crippen molar-refractivity contribution in [3.63, 3.8) is 0 Å². The molecule has 2 aromatic heterocycles. The van der Waals surface area contributed by atoms with E-state index < -0.39 is 0 Å². The quantitative estimate of drug-likeness (QED) is 0.527. The van der Waals surface area contributed by atoms with E-state index in [9.17, 15) is 4.79 Å². The van der Waals surface area contributed by atoms with Crippen LogP contribution in [0, 0.1) is 6.92 Å². The molecule has 0 saturated carbocycles. The zero-order valence-electron chi connectivity index (χ0n) is 11.7. The zero-order valence-corrected chi connectivity index (χ0v) is 13.4. The van der Waals surface area contributed by atoms with Crippen molar-refractivity contribution in [2.75, 3.05) is 6.26 Å². The summed E-state index contributed by atoms with van der Waals surface area (Å²) >= 11 is 3.26. The van der Waals surface area contributed by atoms with Crippen molar-refractivity contribution in [3.8, 4) is 16.4 Å². The summed E-state index contributed by atoms with van der Waals surface area (Å²) < 4.78 is 1.82. The van der Waals surface area contributed by atoms with Crippen molar-refractivity contribution in [2.45, 2.75) is 11.8 Å². The second kappa shape index (κ2) is 5.87. The smallest absolute Gasteiger partial charge is 0.194 e. The number of rotatable bonds is 4. The summed E-state index contributed by atoms with van der Waals surface area (Å²) in [6.45, 7) is 2.08. The van der Waals surface area contributed by atoms with Crippen LogP contribution in [0.5, 0.6) is 0 Å². The lowest BCUT2D eigenvalue weighted by molar-refractivity contribution is 0.111. The van der Waals surface area contributed by atoms with Gasteiger partial charge in [-0.3, -0.25) is 9.36 Å². The van der Waals surface area contributed by atoms with E-state index in [0.29, 0.717) is 5.69 Å². The molecular weight excluding hydrogens is 300 g/mol. The van der Waals surface area contributed by atoms with Gasteiger partial charge in [0.1, 0.15) is 0 Å². The van der Waals surface area contributed by atoms with E-state index in [4.69, 9.17) is 4.98 Å². The molecule has 0 unspecified atom stereocenters. The molecule has 0 aliphatic heterocycles. The third-order valence-electron chi connectivity index (χ3n) is 3.23. The highest BCUT2D eigenvalue weighted by atomic mass is 32.2. The lowest BCUT2D eigenvalue weighted by Gasteiger charge is -2.06. The van der Waals surface area contributed by atoms with Gasteiger partial charge < -0.3 is 0 Å². The van der Waals surface area contributed by atoms with E-state index in [1.54, 1.807) is 29.2 Å². The standard InChI is InChI=1S/C16H14N2OS2/c1-11-5-6-15(20-2)13(8-11)14-10-21-16(17-14)18-7-3-4-12(18)9-19/h3-10H,1-2H3. The average molecular weight is 314 g/mol. The molecule has 21 heavy (non-hydrogen) atoms. The van der Waals surface area contributed by atoms with Crippen LogP contribution in [0.1, 0.15) is 16.1 Å². The Morgan fingerprint density at radius 1 is 1.33 bits per heavy atom. The fourth-order valence-corrected chi connectivity index (χ4v) is 3.60. The molecule has 0 radical (unpaired) electrons. The second-order valence-electron chi connectivity index (χ2n) is 4.64. The number of aryl methyl sites for hydroxylation is 1. The lowest BCUT2D eigenvalue weighted by Crippen LogP contribution is -1.96. The average Bonchev–Trinajstić information content (AvgIpc) is 3.15. The molecule has 0 N–H and O–H groups in total. The monoisotopic (exact) mass is 314 g/mol. The second-order valence-corrected chi connectivity index (χ2v) is 6.32. The number of thioether (sulfide) groups is 1. The summed E-state index contributed by atoms with van der Waals surface area (Å²) in [7, 11) is 0. The van der Waals surface area contributed by atoms with Crippen LogP contribution in [-0.2, 0) is 0 Å². The van der Waals surface area contributed by atoms with E-state index >= 15 is 0 Å². The number of hydrogen-bond donors (Lipinski definition) is 0. The first-order valence-corrected chi connectivity index (χ1v) is 8.57. The Bertz CT molecular complexity index is 789. The summed E-state index contributed by atoms with van der Waals surface area (Å²) in [6.07, 6.45) is 4.77. The number of aldehydes is 1. The minimum absolute atomic E-state index is 0.616. The molecule has 0 aliphatic carbocycles. The van der Waals surface area contributed by atoms with Gasteiger partial charge in [-0.1, -0.05) is 11.6 Å². The molecule has 0 spiro atoms.